The number of rotatable bonds is 3. The predicted octanol–water partition coefficient (Wildman–Crippen LogP) is 4.85. The molecule has 0 saturated heterocycles. The first-order valence-corrected chi connectivity index (χ1v) is 7.78. The fourth-order valence-electron chi connectivity index (χ4n) is 2.62. The van der Waals surface area contributed by atoms with Crippen LogP contribution in [0.2, 0.25) is 4.34 Å². The lowest BCUT2D eigenvalue weighted by molar-refractivity contribution is 0.460. The Morgan fingerprint density at radius 2 is 2.10 bits per heavy atom. The van der Waals surface area contributed by atoms with E-state index in [4.69, 9.17) is 11.6 Å². The molecule has 1 nitrogen and oxygen atoms in total. The lowest BCUT2D eigenvalue weighted by atomic mass is 9.94. The van der Waals surface area contributed by atoms with Crippen molar-refractivity contribution >= 4 is 22.9 Å². The van der Waals surface area contributed by atoms with E-state index in [1.165, 1.54) is 22.6 Å². The molecule has 0 bridgehead atoms. The highest BCUT2D eigenvalue weighted by atomic mass is 35.5. The van der Waals surface area contributed by atoms with Gasteiger partial charge in [-0.25, -0.2) is 8.78 Å². The van der Waals surface area contributed by atoms with Crippen molar-refractivity contribution in [2.24, 2.45) is 0 Å². The number of hydrogen-bond donors (Lipinski definition) is 1. The fraction of sp³-hybridized carbons (Fsp3) is 0.333. The minimum Gasteiger partial charge on any atom is -0.306 e. The van der Waals surface area contributed by atoms with Gasteiger partial charge in [-0.3, -0.25) is 0 Å². The summed E-state index contributed by atoms with van der Waals surface area (Å²) in [5.41, 5.74) is 2.01. The molecule has 1 atom stereocenters. The van der Waals surface area contributed by atoms with E-state index in [1.807, 2.05) is 6.07 Å². The molecule has 1 aromatic carbocycles. The van der Waals surface area contributed by atoms with E-state index in [0.717, 1.165) is 29.2 Å². The number of fused-ring (bicyclic) bond motifs is 1. The van der Waals surface area contributed by atoms with Gasteiger partial charge >= 0.3 is 0 Å². The van der Waals surface area contributed by atoms with Crippen molar-refractivity contribution < 1.29 is 8.78 Å². The number of benzene rings is 1. The number of hydrogen-bond acceptors (Lipinski definition) is 2. The smallest absolute Gasteiger partial charge is 0.159 e. The van der Waals surface area contributed by atoms with E-state index in [1.54, 1.807) is 17.4 Å². The molecule has 5 heteroatoms. The van der Waals surface area contributed by atoms with Crippen LogP contribution in [-0.4, -0.2) is 0 Å². The molecule has 0 aliphatic heterocycles. The summed E-state index contributed by atoms with van der Waals surface area (Å²) in [7, 11) is 0. The fourth-order valence-corrected chi connectivity index (χ4v) is 4.01. The quantitative estimate of drug-likeness (QED) is 0.854. The maximum Gasteiger partial charge on any atom is 0.159 e. The lowest BCUT2D eigenvalue weighted by Crippen LogP contribution is -2.23. The highest BCUT2D eigenvalue weighted by Crippen LogP contribution is 2.37. The third-order valence-electron chi connectivity index (χ3n) is 3.62. The molecule has 0 saturated carbocycles. The van der Waals surface area contributed by atoms with Crippen molar-refractivity contribution in [3.05, 3.63) is 56.2 Å². The molecule has 20 heavy (non-hydrogen) atoms. The Balaban J connectivity index is 1.71. The van der Waals surface area contributed by atoms with Gasteiger partial charge in [-0.05, 0) is 48.6 Å². The van der Waals surface area contributed by atoms with Gasteiger partial charge in [0.15, 0.2) is 11.6 Å². The summed E-state index contributed by atoms with van der Waals surface area (Å²) in [6.07, 6.45) is 3.25. The molecule has 0 radical (unpaired) electrons. The Bertz CT molecular complexity index is 626. The van der Waals surface area contributed by atoms with Gasteiger partial charge in [0.2, 0.25) is 0 Å². The van der Waals surface area contributed by atoms with Crippen LogP contribution in [0.4, 0.5) is 8.78 Å². The van der Waals surface area contributed by atoms with Crippen molar-refractivity contribution in [1.29, 1.82) is 0 Å². The maximum absolute atomic E-state index is 13.2. The van der Waals surface area contributed by atoms with E-state index in [-0.39, 0.29) is 6.04 Å². The van der Waals surface area contributed by atoms with E-state index in [2.05, 4.69) is 5.32 Å². The van der Waals surface area contributed by atoms with Gasteiger partial charge in [-0.15, -0.1) is 11.3 Å². The molecule has 1 aromatic heterocycles. The summed E-state index contributed by atoms with van der Waals surface area (Å²) < 4.78 is 26.9. The van der Waals surface area contributed by atoms with Crippen LogP contribution >= 0.6 is 22.9 Å². The minimum atomic E-state index is -0.807. The molecule has 1 N–H and O–H groups in total. The van der Waals surface area contributed by atoms with Crippen LogP contribution in [0.5, 0.6) is 0 Å². The second-order valence-corrected chi connectivity index (χ2v) is 6.77. The molecule has 3 rings (SSSR count). The topological polar surface area (TPSA) is 12.0 Å². The van der Waals surface area contributed by atoms with Crippen molar-refractivity contribution in [3.8, 4) is 0 Å². The number of nitrogens with one attached hydrogen (secondary N) is 1. The normalized spacial score (nSPS) is 18.1. The van der Waals surface area contributed by atoms with Crippen molar-refractivity contribution in [1.82, 2.24) is 5.32 Å². The lowest BCUT2D eigenvalue weighted by Gasteiger charge is -2.23. The van der Waals surface area contributed by atoms with E-state index < -0.39 is 11.6 Å². The largest absolute Gasteiger partial charge is 0.306 e. The van der Waals surface area contributed by atoms with Crippen molar-refractivity contribution in [2.45, 2.75) is 31.8 Å². The molecule has 1 aliphatic rings. The van der Waals surface area contributed by atoms with E-state index >= 15 is 0 Å². The maximum atomic E-state index is 13.2. The van der Waals surface area contributed by atoms with Crippen LogP contribution < -0.4 is 5.32 Å². The van der Waals surface area contributed by atoms with Crippen LogP contribution in [0, 0.1) is 11.6 Å². The Morgan fingerprint density at radius 3 is 2.90 bits per heavy atom. The van der Waals surface area contributed by atoms with Crippen LogP contribution in [0.25, 0.3) is 0 Å². The molecular formula is C15H14ClF2NS. The molecule has 106 valence electrons. The first-order chi connectivity index (χ1) is 9.63. The average molecular weight is 314 g/mol. The van der Waals surface area contributed by atoms with E-state index in [9.17, 15) is 8.78 Å². The monoisotopic (exact) mass is 313 g/mol. The van der Waals surface area contributed by atoms with Crippen LogP contribution in [0.15, 0.2) is 24.3 Å². The SMILES string of the molecule is Fc1ccc(CNC2CCCc3sc(Cl)cc32)cc1F. The van der Waals surface area contributed by atoms with E-state index in [0.29, 0.717) is 6.54 Å². The van der Waals surface area contributed by atoms with Crippen LogP contribution in [0.3, 0.4) is 0 Å². The Hall–Kier alpha value is -0.970. The minimum absolute atomic E-state index is 0.246. The zero-order valence-corrected chi connectivity index (χ0v) is 12.3. The molecule has 1 unspecified atom stereocenters. The summed E-state index contributed by atoms with van der Waals surface area (Å²) in [5.74, 6) is -1.61. The number of aryl methyl sites for hydroxylation is 1. The first-order valence-electron chi connectivity index (χ1n) is 6.59. The van der Waals surface area contributed by atoms with Crippen molar-refractivity contribution in [3.63, 3.8) is 0 Å². The molecule has 0 spiro atoms. The van der Waals surface area contributed by atoms with Crippen LogP contribution in [0.1, 0.15) is 34.9 Å². The van der Waals surface area contributed by atoms with Gasteiger partial charge in [-0.2, -0.15) is 0 Å². The highest BCUT2D eigenvalue weighted by molar-refractivity contribution is 7.16. The van der Waals surface area contributed by atoms with Gasteiger partial charge in [0.1, 0.15) is 0 Å². The van der Waals surface area contributed by atoms with Gasteiger partial charge in [0.05, 0.1) is 4.34 Å². The summed E-state index contributed by atoms with van der Waals surface area (Å²) >= 11 is 7.71. The van der Waals surface area contributed by atoms with Gasteiger partial charge in [0.25, 0.3) is 0 Å². The standard InChI is InChI=1S/C15H14ClF2NS/c16-15-7-10-13(2-1-3-14(10)20-15)19-8-9-4-5-11(17)12(18)6-9/h4-7,13,19H,1-3,8H2. The summed E-state index contributed by atoms with van der Waals surface area (Å²) in [5, 5.41) is 3.41. The summed E-state index contributed by atoms with van der Waals surface area (Å²) in [6.45, 7) is 0.523. The summed E-state index contributed by atoms with van der Waals surface area (Å²) in [6, 6.07) is 6.28. The summed E-state index contributed by atoms with van der Waals surface area (Å²) in [4.78, 5) is 1.34. The molecule has 1 heterocycles. The first kappa shape index (κ1) is 14.0. The van der Waals surface area contributed by atoms with Crippen molar-refractivity contribution in [2.75, 3.05) is 0 Å². The second kappa shape index (κ2) is 5.80. The molecule has 2 aromatic rings. The van der Waals surface area contributed by atoms with Gasteiger partial charge < -0.3 is 5.32 Å². The zero-order valence-electron chi connectivity index (χ0n) is 10.8. The molecule has 0 amide bonds. The third-order valence-corrected chi connectivity index (χ3v) is 4.96. The molecule has 1 aliphatic carbocycles. The van der Waals surface area contributed by atoms with Crippen LogP contribution in [-0.2, 0) is 13.0 Å². The zero-order chi connectivity index (χ0) is 14.1. The Labute approximate surface area is 125 Å². The number of halogens is 3. The Morgan fingerprint density at radius 1 is 1.25 bits per heavy atom. The highest BCUT2D eigenvalue weighted by Gasteiger charge is 2.22. The van der Waals surface area contributed by atoms with Gasteiger partial charge in [-0.1, -0.05) is 17.7 Å². The third kappa shape index (κ3) is 2.87. The predicted molar refractivity (Wildman–Crippen MR) is 78.2 cm³/mol. The average Bonchev–Trinajstić information content (AvgIpc) is 2.81. The Kier molecular flexibility index (Phi) is 4.06. The second-order valence-electron chi connectivity index (χ2n) is 5.00. The number of thiophene rings is 1. The molecule has 0 fully saturated rings. The molecular weight excluding hydrogens is 300 g/mol. The van der Waals surface area contributed by atoms with Gasteiger partial charge in [0, 0.05) is 17.5 Å².